The molecule has 0 unspecified atom stereocenters. The van der Waals surface area contributed by atoms with Crippen LogP contribution in [0.2, 0.25) is 0 Å². The van der Waals surface area contributed by atoms with Gasteiger partial charge in [-0.05, 0) is 40.8 Å². The molecule has 1 aliphatic carbocycles. The highest BCUT2D eigenvalue weighted by atomic mass is 16.5. The Balaban J connectivity index is 1.44. The van der Waals surface area contributed by atoms with Crippen LogP contribution in [-0.4, -0.2) is 24.8 Å². The van der Waals surface area contributed by atoms with Crippen molar-refractivity contribution >= 4 is 17.8 Å². The number of Topliss-reactive ketones (excluding diaryl/α,β-unsaturated/α-hetero) is 1. The number of benzene rings is 2. The summed E-state index contributed by atoms with van der Waals surface area (Å²) in [7, 11) is 0. The minimum Gasteiger partial charge on any atom is -0.486 e. The molecule has 0 fully saturated rings. The Morgan fingerprint density at radius 2 is 1.81 bits per heavy atom. The van der Waals surface area contributed by atoms with Crippen LogP contribution in [0, 0.1) is 0 Å². The van der Waals surface area contributed by atoms with Gasteiger partial charge in [-0.1, -0.05) is 50.2 Å². The SMILES string of the molecule is CC(C)c1ccc(OCC(=O)CNC(=O)C2=Cc3ccccc3C2)cc1. The normalized spacial score (nSPS) is 12.5. The zero-order valence-electron chi connectivity index (χ0n) is 15.1. The first-order valence-electron chi connectivity index (χ1n) is 8.84. The zero-order chi connectivity index (χ0) is 18.5. The summed E-state index contributed by atoms with van der Waals surface area (Å²) in [5, 5.41) is 2.68. The zero-order valence-corrected chi connectivity index (χ0v) is 15.1. The van der Waals surface area contributed by atoms with Crippen LogP contribution in [-0.2, 0) is 16.0 Å². The van der Waals surface area contributed by atoms with Gasteiger partial charge in [0.1, 0.15) is 12.4 Å². The van der Waals surface area contributed by atoms with Crippen molar-refractivity contribution in [3.8, 4) is 5.75 Å². The summed E-state index contributed by atoms with van der Waals surface area (Å²) in [5.41, 5.74) is 4.11. The molecule has 0 spiro atoms. The second kappa shape index (κ2) is 8.00. The lowest BCUT2D eigenvalue weighted by Crippen LogP contribution is -2.33. The van der Waals surface area contributed by atoms with E-state index in [-0.39, 0.29) is 24.8 Å². The summed E-state index contributed by atoms with van der Waals surface area (Å²) in [6, 6.07) is 15.6. The molecule has 134 valence electrons. The van der Waals surface area contributed by atoms with E-state index in [0.29, 0.717) is 23.7 Å². The van der Waals surface area contributed by atoms with Gasteiger partial charge in [0.05, 0.1) is 6.54 Å². The second-order valence-corrected chi connectivity index (χ2v) is 6.78. The van der Waals surface area contributed by atoms with Crippen molar-refractivity contribution in [3.05, 3.63) is 70.8 Å². The van der Waals surface area contributed by atoms with Gasteiger partial charge < -0.3 is 10.1 Å². The molecule has 0 saturated heterocycles. The van der Waals surface area contributed by atoms with Crippen LogP contribution in [0.3, 0.4) is 0 Å². The van der Waals surface area contributed by atoms with E-state index in [4.69, 9.17) is 4.74 Å². The molecule has 1 N–H and O–H groups in total. The number of ketones is 1. The fourth-order valence-corrected chi connectivity index (χ4v) is 2.88. The Bertz CT molecular complexity index is 835. The molecular formula is C22H23NO3. The number of nitrogens with one attached hydrogen (secondary N) is 1. The molecule has 3 rings (SSSR count). The lowest BCUT2D eigenvalue weighted by molar-refractivity contribution is -0.124. The highest BCUT2D eigenvalue weighted by molar-refractivity contribution is 6.01. The molecule has 0 heterocycles. The number of fused-ring (bicyclic) bond motifs is 1. The van der Waals surface area contributed by atoms with Crippen LogP contribution in [0.15, 0.2) is 54.1 Å². The van der Waals surface area contributed by atoms with E-state index >= 15 is 0 Å². The van der Waals surface area contributed by atoms with Crippen molar-refractivity contribution in [1.29, 1.82) is 0 Å². The largest absolute Gasteiger partial charge is 0.486 e. The predicted molar refractivity (Wildman–Crippen MR) is 102 cm³/mol. The molecule has 0 bridgehead atoms. The van der Waals surface area contributed by atoms with Crippen LogP contribution in [0.5, 0.6) is 5.75 Å². The highest BCUT2D eigenvalue weighted by Crippen LogP contribution is 2.24. The van der Waals surface area contributed by atoms with E-state index < -0.39 is 0 Å². The molecule has 0 aromatic heterocycles. The summed E-state index contributed by atoms with van der Waals surface area (Å²) < 4.78 is 5.50. The van der Waals surface area contributed by atoms with Gasteiger partial charge in [-0.3, -0.25) is 9.59 Å². The average molecular weight is 349 g/mol. The van der Waals surface area contributed by atoms with Gasteiger partial charge in [0.15, 0.2) is 5.78 Å². The maximum Gasteiger partial charge on any atom is 0.247 e. The lowest BCUT2D eigenvalue weighted by atomic mass is 10.0. The number of amides is 1. The fraction of sp³-hybridized carbons (Fsp3) is 0.273. The Hall–Kier alpha value is -2.88. The molecule has 4 nitrogen and oxygen atoms in total. The standard InChI is InChI=1S/C22H23NO3/c1-15(2)16-7-9-21(10-8-16)26-14-20(24)13-23-22(25)19-11-17-5-3-4-6-18(17)12-19/h3-11,15H,12-14H2,1-2H3,(H,23,25). The Labute approximate surface area is 153 Å². The average Bonchev–Trinajstić information content (AvgIpc) is 3.09. The van der Waals surface area contributed by atoms with Crippen LogP contribution in [0.4, 0.5) is 0 Å². The van der Waals surface area contributed by atoms with E-state index in [1.165, 1.54) is 5.56 Å². The van der Waals surface area contributed by atoms with Gasteiger partial charge in [-0.15, -0.1) is 0 Å². The summed E-state index contributed by atoms with van der Waals surface area (Å²) >= 11 is 0. The molecule has 26 heavy (non-hydrogen) atoms. The monoisotopic (exact) mass is 349 g/mol. The van der Waals surface area contributed by atoms with E-state index in [1.807, 2.05) is 54.6 Å². The summed E-state index contributed by atoms with van der Waals surface area (Å²) in [4.78, 5) is 24.2. The quantitative estimate of drug-likeness (QED) is 0.832. The summed E-state index contributed by atoms with van der Waals surface area (Å²) in [6.45, 7) is 4.16. The maximum absolute atomic E-state index is 12.2. The van der Waals surface area contributed by atoms with Crippen molar-refractivity contribution in [3.63, 3.8) is 0 Å². The molecule has 2 aromatic carbocycles. The van der Waals surface area contributed by atoms with Crippen molar-refractivity contribution in [2.24, 2.45) is 0 Å². The second-order valence-electron chi connectivity index (χ2n) is 6.78. The van der Waals surface area contributed by atoms with Crippen LogP contribution < -0.4 is 10.1 Å². The highest BCUT2D eigenvalue weighted by Gasteiger charge is 2.18. The Kier molecular flexibility index (Phi) is 5.52. The Morgan fingerprint density at radius 3 is 2.50 bits per heavy atom. The summed E-state index contributed by atoms with van der Waals surface area (Å²) in [5.74, 6) is 0.748. The maximum atomic E-state index is 12.2. The first-order chi connectivity index (χ1) is 12.5. The number of rotatable bonds is 7. The van der Waals surface area contributed by atoms with Gasteiger partial charge in [0.25, 0.3) is 0 Å². The van der Waals surface area contributed by atoms with Crippen molar-refractivity contribution in [2.45, 2.75) is 26.2 Å². The first kappa shape index (κ1) is 17.9. The van der Waals surface area contributed by atoms with Crippen molar-refractivity contribution in [2.75, 3.05) is 13.2 Å². The Morgan fingerprint density at radius 1 is 1.08 bits per heavy atom. The number of carbonyl (C=O) groups is 2. The number of carbonyl (C=O) groups excluding carboxylic acids is 2. The number of hydrogen-bond acceptors (Lipinski definition) is 3. The molecule has 0 atom stereocenters. The van der Waals surface area contributed by atoms with Crippen LogP contribution in [0.1, 0.15) is 36.5 Å². The molecule has 2 aromatic rings. The lowest BCUT2D eigenvalue weighted by Gasteiger charge is -2.09. The summed E-state index contributed by atoms with van der Waals surface area (Å²) in [6.07, 6.45) is 2.48. The predicted octanol–water partition coefficient (Wildman–Crippen LogP) is 3.51. The number of hydrogen-bond donors (Lipinski definition) is 1. The van der Waals surface area contributed by atoms with Gasteiger partial charge in [-0.2, -0.15) is 0 Å². The topological polar surface area (TPSA) is 55.4 Å². The van der Waals surface area contributed by atoms with Crippen LogP contribution >= 0.6 is 0 Å². The molecule has 0 saturated carbocycles. The third-order valence-corrected chi connectivity index (χ3v) is 4.45. The fourth-order valence-electron chi connectivity index (χ4n) is 2.88. The van der Waals surface area contributed by atoms with E-state index in [0.717, 1.165) is 11.1 Å². The first-order valence-corrected chi connectivity index (χ1v) is 8.84. The molecule has 1 aliphatic rings. The molecule has 1 amide bonds. The van der Waals surface area contributed by atoms with E-state index in [9.17, 15) is 9.59 Å². The minimum atomic E-state index is -0.198. The van der Waals surface area contributed by atoms with Crippen molar-refractivity contribution in [1.82, 2.24) is 5.32 Å². The third kappa shape index (κ3) is 4.39. The van der Waals surface area contributed by atoms with E-state index in [2.05, 4.69) is 19.2 Å². The molecule has 0 aliphatic heterocycles. The number of ether oxygens (including phenoxy) is 1. The van der Waals surface area contributed by atoms with E-state index in [1.54, 1.807) is 0 Å². The van der Waals surface area contributed by atoms with Gasteiger partial charge in [0.2, 0.25) is 5.91 Å². The smallest absolute Gasteiger partial charge is 0.247 e. The molecule has 0 radical (unpaired) electrons. The van der Waals surface area contributed by atoms with Gasteiger partial charge in [0, 0.05) is 12.0 Å². The molecular weight excluding hydrogens is 326 g/mol. The minimum absolute atomic E-state index is 0.0312. The van der Waals surface area contributed by atoms with Gasteiger partial charge in [-0.25, -0.2) is 0 Å². The van der Waals surface area contributed by atoms with Crippen molar-refractivity contribution < 1.29 is 14.3 Å². The molecule has 4 heteroatoms. The van der Waals surface area contributed by atoms with Crippen LogP contribution in [0.25, 0.3) is 6.08 Å². The third-order valence-electron chi connectivity index (χ3n) is 4.45. The van der Waals surface area contributed by atoms with Gasteiger partial charge >= 0.3 is 0 Å².